The van der Waals surface area contributed by atoms with Gasteiger partial charge in [0.05, 0.1) is 0 Å². The Morgan fingerprint density at radius 1 is 1.71 bits per heavy atom. The van der Waals surface area contributed by atoms with Crippen molar-refractivity contribution in [3.05, 3.63) is 13.3 Å². The summed E-state index contributed by atoms with van der Waals surface area (Å²) in [5.41, 5.74) is 0. The zero-order valence-corrected chi connectivity index (χ0v) is 5.28. The van der Waals surface area contributed by atoms with Gasteiger partial charge in [-0.15, -0.1) is 0 Å². The lowest BCUT2D eigenvalue weighted by molar-refractivity contribution is 0.592. The van der Waals surface area contributed by atoms with Gasteiger partial charge in [-0.3, -0.25) is 0 Å². The zero-order valence-electron chi connectivity index (χ0n) is 5.28. The van der Waals surface area contributed by atoms with Crippen molar-refractivity contribution in [2.45, 2.75) is 26.7 Å². The Balaban J connectivity index is 2.99. The van der Waals surface area contributed by atoms with Crippen LogP contribution in [0.15, 0.2) is 0 Å². The van der Waals surface area contributed by atoms with Gasteiger partial charge < -0.3 is 0 Å². The van der Waals surface area contributed by atoms with Crippen LogP contribution in [0.1, 0.15) is 26.7 Å². The summed E-state index contributed by atoms with van der Waals surface area (Å²) in [6, 6.07) is 0. The average molecular weight is 98.2 g/mol. The summed E-state index contributed by atoms with van der Waals surface area (Å²) in [6.45, 7) is 8.08. The van der Waals surface area contributed by atoms with Crippen LogP contribution in [0.3, 0.4) is 0 Å². The molecule has 0 aromatic carbocycles. The van der Waals surface area contributed by atoms with Gasteiger partial charge >= 0.3 is 0 Å². The number of hydrogen-bond acceptors (Lipinski definition) is 0. The predicted molar refractivity (Wildman–Crippen MR) is 33.7 cm³/mol. The molecule has 0 bridgehead atoms. The molecule has 0 aliphatic rings. The Morgan fingerprint density at radius 3 is 2.29 bits per heavy atom. The van der Waals surface area contributed by atoms with Gasteiger partial charge in [0, 0.05) is 0 Å². The van der Waals surface area contributed by atoms with E-state index >= 15 is 0 Å². The maximum atomic E-state index is 3.80. The van der Waals surface area contributed by atoms with Crippen LogP contribution in [-0.2, 0) is 0 Å². The van der Waals surface area contributed by atoms with Gasteiger partial charge in [-0.05, 0) is 12.3 Å². The lowest BCUT2D eigenvalue weighted by atomic mass is 10.0. The van der Waals surface area contributed by atoms with Crippen LogP contribution in [0.25, 0.3) is 0 Å². The van der Waals surface area contributed by atoms with Gasteiger partial charge in [0.25, 0.3) is 0 Å². The molecule has 0 heteroatoms. The Labute approximate surface area is 46.9 Å². The maximum absolute atomic E-state index is 3.80. The maximum Gasteiger partial charge on any atom is -0.0386 e. The summed E-state index contributed by atoms with van der Waals surface area (Å²) in [6.07, 6.45) is 4.50. The first kappa shape index (κ1) is 7.00. The van der Waals surface area contributed by atoms with E-state index in [1.165, 1.54) is 6.42 Å². The van der Waals surface area contributed by atoms with Crippen molar-refractivity contribution in [3.8, 4) is 0 Å². The summed E-state index contributed by atoms with van der Waals surface area (Å²) < 4.78 is 0. The summed E-state index contributed by atoms with van der Waals surface area (Å²) >= 11 is 0. The Morgan fingerprint density at radius 2 is 2.29 bits per heavy atom. The van der Waals surface area contributed by atoms with E-state index in [9.17, 15) is 0 Å². The lowest BCUT2D eigenvalue weighted by Gasteiger charge is -2.04. The second-order valence-electron chi connectivity index (χ2n) is 1.79. The molecule has 0 amide bonds. The van der Waals surface area contributed by atoms with E-state index in [1.54, 1.807) is 0 Å². The molecule has 0 aliphatic heterocycles. The topological polar surface area (TPSA) is 0 Å². The second-order valence-corrected chi connectivity index (χ2v) is 1.79. The highest BCUT2D eigenvalue weighted by Gasteiger charge is 1.96. The van der Waals surface area contributed by atoms with Gasteiger partial charge in [0.2, 0.25) is 0 Å². The SMILES string of the molecule is [CH2]CC([CH]C)CC. The molecule has 2 radical (unpaired) electrons. The van der Waals surface area contributed by atoms with E-state index in [1.807, 2.05) is 0 Å². The Hall–Kier alpha value is 0. The number of rotatable bonds is 3. The van der Waals surface area contributed by atoms with Crippen LogP contribution in [0.2, 0.25) is 0 Å². The molecule has 42 valence electrons. The third kappa shape index (κ3) is 2.67. The van der Waals surface area contributed by atoms with Gasteiger partial charge in [0.15, 0.2) is 0 Å². The molecule has 0 aliphatic carbocycles. The van der Waals surface area contributed by atoms with E-state index in [4.69, 9.17) is 0 Å². The van der Waals surface area contributed by atoms with Crippen molar-refractivity contribution in [2.75, 3.05) is 0 Å². The minimum Gasteiger partial charge on any atom is -0.0651 e. The van der Waals surface area contributed by atoms with Crippen LogP contribution in [-0.4, -0.2) is 0 Å². The third-order valence-corrected chi connectivity index (χ3v) is 1.37. The van der Waals surface area contributed by atoms with Gasteiger partial charge in [-0.25, -0.2) is 0 Å². The molecular formula is C7H14. The lowest BCUT2D eigenvalue weighted by Crippen LogP contribution is -1.92. The molecule has 0 aromatic heterocycles. The highest BCUT2D eigenvalue weighted by molar-refractivity contribution is 4.69. The first-order chi connectivity index (χ1) is 3.35. The van der Waals surface area contributed by atoms with Crippen LogP contribution in [0.5, 0.6) is 0 Å². The van der Waals surface area contributed by atoms with Crippen molar-refractivity contribution in [3.63, 3.8) is 0 Å². The Bertz CT molecular complexity index is 21.5. The average Bonchev–Trinajstić information content (AvgIpc) is 1.72. The molecule has 0 spiro atoms. The fraction of sp³-hybridized carbons (Fsp3) is 0.714. The smallest absolute Gasteiger partial charge is 0.0386 e. The summed E-state index contributed by atoms with van der Waals surface area (Å²) in [5.74, 6) is 0.750. The summed E-state index contributed by atoms with van der Waals surface area (Å²) in [4.78, 5) is 0. The van der Waals surface area contributed by atoms with E-state index in [-0.39, 0.29) is 0 Å². The molecule has 1 atom stereocenters. The number of hydrogen-bond donors (Lipinski definition) is 0. The van der Waals surface area contributed by atoms with Gasteiger partial charge in [-0.2, -0.15) is 0 Å². The van der Waals surface area contributed by atoms with Crippen molar-refractivity contribution in [2.24, 2.45) is 5.92 Å². The molecule has 7 heavy (non-hydrogen) atoms. The Kier molecular flexibility index (Phi) is 4.17. The quantitative estimate of drug-likeness (QED) is 0.508. The fourth-order valence-electron chi connectivity index (χ4n) is 0.606. The van der Waals surface area contributed by atoms with E-state index < -0.39 is 0 Å². The van der Waals surface area contributed by atoms with E-state index in [2.05, 4.69) is 27.2 Å². The van der Waals surface area contributed by atoms with Gasteiger partial charge in [-0.1, -0.05) is 33.6 Å². The van der Waals surface area contributed by atoms with E-state index in [0.29, 0.717) is 0 Å². The molecular weight excluding hydrogens is 84.1 g/mol. The molecule has 0 rings (SSSR count). The minimum absolute atomic E-state index is 0.750. The van der Waals surface area contributed by atoms with Crippen molar-refractivity contribution < 1.29 is 0 Å². The van der Waals surface area contributed by atoms with Gasteiger partial charge in [0.1, 0.15) is 0 Å². The van der Waals surface area contributed by atoms with Crippen LogP contribution < -0.4 is 0 Å². The highest BCUT2D eigenvalue weighted by Crippen LogP contribution is 2.08. The van der Waals surface area contributed by atoms with Crippen LogP contribution in [0, 0.1) is 19.3 Å². The minimum atomic E-state index is 0.750. The molecule has 0 fully saturated rings. The molecule has 0 N–H and O–H groups in total. The van der Waals surface area contributed by atoms with Crippen molar-refractivity contribution >= 4 is 0 Å². The van der Waals surface area contributed by atoms with E-state index in [0.717, 1.165) is 12.3 Å². The molecule has 0 heterocycles. The summed E-state index contributed by atoms with van der Waals surface area (Å²) in [7, 11) is 0. The molecule has 0 saturated heterocycles. The normalized spacial score (nSPS) is 10.3. The van der Waals surface area contributed by atoms with Crippen LogP contribution in [0.4, 0.5) is 0 Å². The molecule has 1 unspecified atom stereocenters. The second kappa shape index (κ2) is 4.17. The predicted octanol–water partition coefficient (Wildman–Crippen LogP) is 2.46. The first-order valence-corrected chi connectivity index (χ1v) is 2.93. The molecule has 0 aromatic rings. The molecule has 0 nitrogen and oxygen atoms in total. The largest absolute Gasteiger partial charge is 0.0651 e. The third-order valence-electron chi connectivity index (χ3n) is 1.37. The zero-order chi connectivity index (χ0) is 5.70. The highest BCUT2D eigenvalue weighted by atomic mass is 14.0. The first-order valence-electron chi connectivity index (χ1n) is 2.93. The van der Waals surface area contributed by atoms with Crippen molar-refractivity contribution in [1.82, 2.24) is 0 Å². The van der Waals surface area contributed by atoms with Crippen molar-refractivity contribution in [1.29, 1.82) is 0 Å². The monoisotopic (exact) mass is 98.1 g/mol. The fourth-order valence-corrected chi connectivity index (χ4v) is 0.606. The molecule has 0 saturated carbocycles. The van der Waals surface area contributed by atoms with Crippen LogP contribution >= 0.6 is 0 Å². The summed E-state index contributed by atoms with van der Waals surface area (Å²) in [5, 5.41) is 0. The standard InChI is InChI=1S/C7H14/c1-4-7(5-2)6-3/h5,7H,1,4,6H2,2-3H3.